The molecule has 11 aromatic rings. The zero-order chi connectivity index (χ0) is 46.8. The zero-order valence-corrected chi connectivity index (χ0v) is 39.6. The summed E-state index contributed by atoms with van der Waals surface area (Å²) in [6.07, 6.45) is 0. The van der Waals surface area contributed by atoms with Crippen molar-refractivity contribution in [2.24, 2.45) is 0 Å². The van der Waals surface area contributed by atoms with Gasteiger partial charge in [0.25, 0.3) is 20.0 Å². The molecule has 2 heterocycles. The van der Waals surface area contributed by atoms with Crippen LogP contribution in [-0.2, 0) is 31.2 Å². The van der Waals surface area contributed by atoms with Gasteiger partial charge in [-0.1, -0.05) is 163 Å². The van der Waals surface area contributed by atoms with Crippen LogP contribution in [0, 0.1) is 13.8 Å². The van der Waals surface area contributed by atoms with Crippen molar-refractivity contribution in [3.8, 4) is 11.1 Å². The summed E-state index contributed by atoms with van der Waals surface area (Å²) in [5.41, 5.74) is 6.25. The van der Waals surface area contributed by atoms with Crippen molar-refractivity contribution in [3.05, 3.63) is 229 Å². The molecule has 0 saturated carbocycles. The molecular formula is C57H44N3O5PS2. The van der Waals surface area contributed by atoms with Crippen molar-refractivity contribution < 1.29 is 21.4 Å². The largest absolute Gasteiger partial charge is 0.380 e. The van der Waals surface area contributed by atoms with Gasteiger partial charge in [-0.05, 0) is 80.1 Å². The highest BCUT2D eigenvalue weighted by molar-refractivity contribution is 7.90. The van der Waals surface area contributed by atoms with E-state index < -0.39 is 27.2 Å². The number of aromatic nitrogens is 2. The first-order valence-electron chi connectivity index (χ1n) is 22.2. The van der Waals surface area contributed by atoms with E-state index in [1.807, 2.05) is 166 Å². The van der Waals surface area contributed by atoms with Crippen LogP contribution in [0.5, 0.6) is 0 Å². The first-order valence-corrected chi connectivity index (χ1v) is 26.8. The van der Waals surface area contributed by atoms with Gasteiger partial charge in [0.2, 0.25) is 0 Å². The first kappa shape index (κ1) is 43.1. The second-order valence-corrected chi connectivity index (χ2v) is 23.4. The van der Waals surface area contributed by atoms with E-state index in [9.17, 15) is 0 Å². The summed E-state index contributed by atoms with van der Waals surface area (Å²) >= 11 is 0. The average molecular weight is 946 g/mol. The molecule has 68 heavy (non-hydrogen) atoms. The standard InChI is InChI=1S/C57H44N3O5PS2/c1-39-26-30-44(31-27-39)67(62,63)59-49-24-14-12-22-46(49)54-51(59)35-34-48(58-38-41-16-6-3-7-17-41)56(54)57-53(66(61,42-18-8-4-9-19-42)43-20-10-5-11-21-43)37-36-52-55(57)47-23-13-15-25-50(47)60(52)68(64,65)45-32-28-40(2)29-33-45/h3-37,58H,38H2,1-2H3. The quantitative estimate of drug-likeness (QED) is 0.129. The highest BCUT2D eigenvalue weighted by atomic mass is 32.2. The Morgan fingerprint density at radius 1 is 0.426 bits per heavy atom. The highest BCUT2D eigenvalue weighted by Gasteiger charge is 2.37. The predicted octanol–water partition coefficient (Wildman–Crippen LogP) is 11.9. The third-order valence-corrected chi connectivity index (χ3v) is 19.4. The molecule has 1 N–H and O–H groups in total. The Labute approximate surface area is 395 Å². The second kappa shape index (κ2) is 16.7. The van der Waals surface area contributed by atoms with E-state index in [2.05, 4.69) is 5.32 Å². The molecule has 0 aliphatic heterocycles. The molecule has 0 bridgehead atoms. The number of nitrogens with one attached hydrogen (secondary N) is 1. The van der Waals surface area contributed by atoms with Gasteiger partial charge >= 0.3 is 0 Å². The minimum Gasteiger partial charge on any atom is -0.380 e. The van der Waals surface area contributed by atoms with E-state index in [0.717, 1.165) is 16.7 Å². The highest BCUT2D eigenvalue weighted by Crippen LogP contribution is 2.52. The molecule has 2 aromatic heterocycles. The van der Waals surface area contributed by atoms with E-state index in [1.54, 1.807) is 60.7 Å². The van der Waals surface area contributed by atoms with Crippen LogP contribution in [0.25, 0.3) is 54.7 Å². The third kappa shape index (κ3) is 6.90. The maximum Gasteiger partial charge on any atom is 0.268 e. The number of benzene rings is 9. The minimum absolute atomic E-state index is 0.118. The van der Waals surface area contributed by atoms with Crippen LogP contribution in [0.15, 0.2) is 222 Å². The average Bonchev–Trinajstić information content (AvgIpc) is 3.90. The number of para-hydroxylation sites is 2. The molecule has 0 saturated heterocycles. The number of hydrogen-bond donors (Lipinski definition) is 1. The summed E-state index contributed by atoms with van der Waals surface area (Å²) in [4.78, 5) is 0.246. The van der Waals surface area contributed by atoms with Gasteiger partial charge in [0.15, 0.2) is 7.14 Å². The summed E-state index contributed by atoms with van der Waals surface area (Å²) < 4.78 is 80.6. The normalized spacial score (nSPS) is 12.3. The number of fused-ring (bicyclic) bond motifs is 6. The van der Waals surface area contributed by atoms with Gasteiger partial charge in [0, 0.05) is 60.8 Å². The molecule has 0 unspecified atom stereocenters. The lowest BCUT2D eigenvalue weighted by atomic mass is 9.93. The fourth-order valence-electron chi connectivity index (χ4n) is 9.61. The van der Waals surface area contributed by atoms with Crippen molar-refractivity contribution in [2.45, 2.75) is 30.2 Å². The molecule has 0 amide bonds. The van der Waals surface area contributed by atoms with E-state index in [4.69, 9.17) is 0 Å². The number of hydrogen-bond acceptors (Lipinski definition) is 6. The van der Waals surface area contributed by atoms with Gasteiger partial charge in [-0.15, -0.1) is 0 Å². The maximum absolute atomic E-state index is 17.1. The van der Waals surface area contributed by atoms with Crippen molar-refractivity contribution in [3.63, 3.8) is 0 Å². The summed E-state index contributed by atoms with van der Waals surface area (Å²) in [7, 11) is -12.4. The summed E-state index contributed by atoms with van der Waals surface area (Å²) in [5, 5.41) is 7.76. The number of rotatable bonds is 11. The fraction of sp³-hybridized carbons (Fsp3) is 0.0526. The lowest BCUT2D eigenvalue weighted by Crippen LogP contribution is -2.27. The molecule has 11 rings (SSSR count). The monoisotopic (exact) mass is 945 g/mol. The Morgan fingerprint density at radius 3 is 1.32 bits per heavy atom. The van der Waals surface area contributed by atoms with Crippen molar-refractivity contribution in [2.75, 3.05) is 5.32 Å². The van der Waals surface area contributed by atoms with Crippen LogP contribution in [0.1, 0.15) is 16.7 Å². The molecule has 0 spiro atoms. The topological polar surface area (TPSA) is 107 Å². The zero-order valence-electron chi connectivity index (χ0n) is 37.1. The van der Waals surface area contributed by atoms with Gasteiger partial charge < -0.3 is 9.88 Å². The Morgan fingerprint density at radius 2 is 0.838 bits per heavy atom. The number of nitrogens with zero attached hydrogens (tertiary/aromatic N) is 2. The van der Waals surface area contributed by atoms with Crippen molar-refractivity contribution >= 4 is 92.4 Å². The summed E-state index contributed by atoms with van der Waals surface area (Å²) in [6, 6.07) is 64.6. The Hall–Kier alpha value is -7.49. The van der Waals surface area contributed by atoms with E-state index in [0.29, 0.717) is 82.9 Å². The van der Waals surface area contributed by atoms with Crippen LogP contribution >= 0.6 is 7.14 Å². The van der Waals surface area contributed by atoms with Gasteiger partial charge in [0.05, 0.1) is 31.9 Å². The van der Waals surface area contributed by atoms with Crippen molar-refractivity contribution in [1.29, 1.82) is 0 Å². The van der Waals surface area contributed by atoms with Crippen LogP contribution < -0.4 is 21.2 Å². The summed E-state index contributed by atoms with van der Waals surface area (Å²) in [5.74, 6) is 0. The maximum atomic E-state index is 17.1. The molecule has 9 aromatic carbocycles. The van der Waals surface area contributed by atoms with E-state index in [-0.39, 0.29) is 9.79 Å². The van der Waals surface area contributed by atoms with Gasteiger partial charge in [-0.2, -0.15) is 0 Å². The fourth-order valence-corrected chi connectivity index (χ4v) is 15.5. The smallest absolute Gasteiger partial charge is 0.268 e. The molecule has 8 nitrogen and oxygen atoms in total. The predicted molar refractivity (Wildman–Crippen MR) is 279 cm³/mol. The number of aryl methyl sites for hydroxylation is 2. The third-order valence-electron chi connectivity index (χ3n) is 12.8. The second-order valence-electron chi connectivity index (χ2n) is 17.1. The lowest BCUT2D eigenvalue weighted by Gasteiger charge is -2.25. The van der Waals surface area contributed by atoms with Crippen LogP contribution in [0.2, 0.25) is 0 Å². The van der Waals surface area contributed by atoms with Crippen LogP contribution in [0.3, 0.4) is 0 Å². The minimum atomic E-state index is -4.25. The van der Waals surface area contributed by atoms with Gasteiger partial charge in [-0.3, -0.25) is 0 Å². The summed E-state index contributed by atoms with van der Waals surface area (Å²) in [6.45, 7) is 4.22. The molecule has 0 fully saturated rings. The Kier molecular flexibility index (Phi) is 10.6. The molecule has 0 aliphatic rings. The van der Waals surface area contributed by atoms with Gasteiger partial charge in [-0.25, -0.2) is 24.8 Å². The molecule has 0 aliphatic carbocycles. The molecule has 334 valence electrons. The van der Waals surface area contributed by atoms with E-state index >= 15 is 21.4 Å². The van der Waals surface area contributed by atoms with Gasteiger partial charge in [0.1, 0.15) is 0 Å². The number of anilines is 1. The SMILES string of the molecule is Cc1ccc(S(=O)(=O)n2c3ccccc3c3c(-c4c(P(=O)(c5ccccc5)c5ccccc5)ccc5c4c4ccccc4n5S(=O)(=O)c4ccc(C)cc4)c(NCc4ccccc4)ccc32)cc1. The first-order chi connectivity index (χ1) is 33.0. The Bertz CT molecular complexity index is 3980. The molecular weight excluding hydrogens is 902 g/mol. The van der Waals surface area contributed by atoms with Crippen LogP contribution in [-0.4, -0.2) is 24.8 Å². The van der Waals surface area contributed by atoms with Crippen LogP contribution in [0.4, 0.5) is 5.69 Å². The lowest BCUT2D eigenvalue weighted by molar-refractivity contribution is 0.588. The van der Waals surface area contributed by atoms with E-state index in [1.165, 1.54) is 7.94 Å². The molecule has 0 atom stereocenters. The van der Waals surface area contributed by atoms with Crippen molar-refractivity contribution in [1.82, 2.24) is 7.94 Å². The molecule has 0 radical (unpaired) electrons. The Balaban J connectivity index is 1.37. The molecule has 11 heteroatoms.